The fourth-order valence-electron chi connectivity index (χ4n) is 0.705. The topological polar surface area (TPSA) is 67.3 Å². The molecule has 0 rings (SSSR count). The van der Waals surface area contributed by atoms with Gasteiger partial charge in [0.15, 0.2) is 0 Å². The Labute approximate surface area is 67.3 Å². The van der Waals surface area contributed by atoms with Crippen molar-refractivity contribution in [2.24, 2.45) is 0 Å². The van der Waals surface area contributed by atoms with Crippen LogP contribution in [0.5, 0.6) is 0 Å². The maximum Gasteiger partial charge on any atom is 0.303 e. The van der Waals surface area contributed by atoms with E-state index in [1.54, 1.807) is 0 Å². The predicted molar refractivity (Wildman–Crippen MR) is 41.7 cm³/mol. The highest BCUT2D eigenvalue weighted by atomic mass is 16.4. The normalized spacial score (nSPS) is 10.5. The molecule has 0 bridgehead atoms. The number of hydrogen-bond donors (Lipinski definition) is 1. The van der Waals surface area contributed by atoms with Crippen molar-refractivity contribution in [2.75, 3.05) is 27.7 Å². The van der Waals surface area contributed by atoms with Crippen LogP contribution in [0, 0.1) is 0 Å². The van der Waals surface area contributed by atoms with Crippen molar-refractivity contribution in [1.82, 2.24) is 0 Å². The molecule has 2 N–H and O–H groups in total. The van der Waals surface area contributed by atoms with Gasteiger partial charge in [0.05, 0.1) is 34.1 Å². The summed E-state index contributed by atoms with van der Waals surface area (Å²) in [6, 6.07) is 0. The monoisotopic (exact) mass is 163 g/mol. The molecule has 0 radical (unpaired) electrons. The van der Waals surface area contributed by atoms with Gasteiger partial charge in [0.2, 0.25) is 0 Å². The number of carbonyl (C=O) groups is 1. The SMILES string of the molecule is C[N+](C)(C)CCCC(=O)O.[OH-]. The molecule has 0 aromatic rings. The summed E-state index contributed by atoms with van der Waals surface area (Å²) in [6.45, 7) is 0.923. The van der Waals surface area contributed by atoms with Gasteiger partial charge in [-0.25, -0.2) is 0 Å². The minimum absolute atomic E-state index is 0. The second-order valence-corrected chi connectivity index (χ2v) is 3.51. The lowest BCUT2D eigenvalue weighted by Crippen LogP contribution is -2.35. The molecule has 11 heavy (non-hydrogen) atoms. The van der Waals surface area contributed by atoms with Gasteiger partial charge in [0.1, 0.15) is 0 Å². The van der Waals surface area contributed by atoms with E-state index in [4.69, 9.17) is 5.11 Å². The second-order valence-electron chi connectivity index (χ2n) is 3.51. The first-order valence-corrected chi connectivity index (χ1v) is 3.44. The Morgan fingerprint density at radius 2 is 1.82 bits per heavy atom. The highest BCUT2D eigenvalue weighted by Gasteiger charge is 2.07. The Morgan fingerprint density at radius 1 is 1.36 bits per heavy atom. The van der Waals surface area contributed by atoms with Crippen LogP contribution >= 0.6 is 0 Å². The number of quaternary nitrogens is 1. The summed E-state index contributed by atoms with van der Waals surface area (Å²) in [6.07, 6.45) is 1.05. The molecule has 0 fully saturated rings. The summed E-state index contributed by atoms with van der Waals surface area (Å²) in [5.74, 6) is -0.701. The highest BCUT2D eigenvalue weighted by Crippen LogP contribution is 1.96. The van der Waals surface area contributed by atoms with Crippen molar-refractivity contribution in [1.29, 1.82) is 0 Å². The summed E-state index contributed by atoms with van der Waals surface area (Å²) in [7, 11) is 6.17. The van der Waals surface area contributed by atoms with Gasteiger partial charge in [-0.1, -0.05) is 0 Å². The first-order chi connectivity index (χ1) is 4.42. The first-order valence-electron chi connectivity index (χ1n) is 3.44. The Balaban J connectivity index is 0. The van der Waals surface area contributed by atoms with Crippen molar-refractivity contribution in [3.8, 4) is 0 Å². The first kappa shape index (κ1) is 13.0. The van der Waals surface area contributed by atoms with Crippen molar-refractivity contribution in [3.05, 3.63) is 0 Å². The third-order valence-electron chi connectivity index (χ3n) is 1.22. The Morgan fingerprint density at radius 3 is 2.09 bits per heavy atom. The Bertz CT molecular complexity index is 117. The fourth-order valence-corrected chi connectivity index (χ4v) is 0.705. The summed E-state index contributed by atoms with van der Waals surface area (Å²) in [5, 5.41) is 8.30. The van der Waals surface area contributed by atoms with Gasteiger partial charge in [-0.3, -0.25) is 4.79 Å². The molecule has 0 heterocycles. The van der Waals surface area contributed by atoms with Crippen LogP contribution in [0.1, 0.15) is 12.8 Å². The van der Waals surface area contributed by atoms with E-state index in [0.29, 0.717) is 0 Å². The summed E-state index contributed by atoms with van der Waals surface area (Å²) in [4.78, 5) is 10.1. The predicted octanol–water partition coefficient (Wildman–Crippen LogP) is 0.381. The van der Waals surface area contributed by atoms with Crippen LogP contribution in [0.15, 0.2) is 0 Å². The molecule has 4 heteroatoms. The number of hydrogen-bond acceptors (Lipinski definition) is 2. The van der Waals surface area contributed by atoms with Gasteiger partial charge >= 0.3 is 5.97 Å². The van der Waals surface area contributed by atoms with Crippen molar-refractivity contribution < 1.29 is 19.9 Å². The zero-order valence-electron chi connectivity index (χ0n) is 7.37. The molecular formula is C7H17NO3. The van der Waals surface area contributed by atoms with Crippen LogP contribution in [0.4, 0.5) is 0 Å². The summed E-state index contributed by atoms with van der Waals surface area (Å²) < 4.78 is 0.841. The Hall–Kier alpha value is -0.610. The third-order valence-corrected chi connectivity index (χ3v) is 1.22. The zero-order valence-corrected chi connectivity index (χ0v) is 7.37. The van der Waals surface area contributed by atoms with Crippen molar-refractivity contribution >= 4 is 5.97 Å². The van der Waals surface area contributed by atoms with Gasteiger partial charge in [-0.2, -0.15) is 0 Å². The molecule has 0 aliphatic heterocycles. The van der Waals surface area contributed by atoms with E-state index in [0.717, 1.165) is 17.4 Å². The van der Waals surface area contributed by atoms with E-state index in [9.17, 15) is 4.79 Å². The smallest absolute Gasteiger partial charge is 0.303 e. The van der Waals surface area contributed by atoms with Gasteiger partial charge in [0.25, 0.3) is 0 Å². The van der Waals surface area contributed by atoms with E-state index in [-0.39, 0.29) is 11.9 Å². The quantitative estimate of drug-likeness (QED) is 0.609. The van der Waals surface area contributed by atoms with Crippen LogP contribution in [0.3, 0.4) is 0 Å². The molecule has 0 spiro atoms. The molecule has 0 saturated carbocycles. The summed E-state index contributed by atoms with van der Waals surface area (Å²) >= 11 is 0. The standard InChI is InChI=1S/C7H15NO2.H2O/c1-8(2,3)6-4-5-7(9)10;/h4-6H2,1-3H3;1H2. The molecule has 68 valence electrons. The number of nitrogens with zero attached hydrogens (tertiary/aromatic N) is 1. The lowest BCUT2D eigenvalue weighted by atomic mass is 10.3. The molecule has 0 unspecified atom stereocenters. The molecule has 0 amide bonds. The lowest BCUT2D eigenvalue weighted by molar-refractivity contribution is -0.870. The average molecular weight is 163 g/mol. The average Bonchev–Trinajstić information content (AvgIpc) is 1.59. The molecular weight excluding hydrogens is 146 g/mol. The van der Waals surface area contributed by atoms with Crippen LogP contribution < -0.4 is 0 Å². The van der Waals surface area contributed by atoms with Crippen LogP contribution in [0.25, 0.3) is 0 Å². The molecule has 0 aromatic heterocycles. The Kier molecular flexibility index (Phi) is 6.03. The minimum Gasteiger partial charge on any atom is -0.870 e. The van der Waals surface area contributed by atoms with Crippen LogP contribution in [-0.2, 0) is 4.79 Å². The van der Waals surface area contributed by atoms with E-state index >= 15 is 0 Å². The number of rotatable bonds is 4. The number of carboxylic acids is 1. The van der Waals surface area contributed by atoms with Crippen LogP contribution in [0.2, 0.25) is 0 Å². The van der Waals surface area contributed by atoms with E-state index in [1.165, 1.54) is 0 Å². The van der Waals surface area contributed by atoms with Gasteiger partial charge in [0, 0.05) is 6.42 Å². The van der Waals surface area contributed by atoms with E-state index < -0.39 is 5.97 Å². The van der Waals surface area contributed by atoms with Gasteiger partial charge in [-0.15, -0.1) is 0 Å². The molecule has 0 saturated heterocycles. The zero-order chi connectivity index (χ0) is 8.20. The van der Waals surface area contributed by atoms with Crippen molar-refractivity contribution in [3.63, 3.8) is 0 Å². The molecule has 0 aliphatic rings. The highest BCUT2D eigenvalue weighted by molar-refractivity contribution is 5.66. The maximum atomic E-state index is 10.1. The molecule has 4 nitrogen and oxygen atoms in total. The molecule has 0 aliphatic carbocycles. The van der Waals surface area contributed by atoms with Crippen molar-refractivity contribution in [2.45, 2.75) is 12.8 Å². The fraction of sp³-hybridized carbons (Fsp3) is 0.857. The van der Waals surface area contributed by atoms with Gasteiger partial charge in [-0.05, 0) is 0 Å². The number of carboxylic acid groups (broad SMARTS) is 1. The van der Waals surface area contributed by atoms with E-state index in [2.05, 4.69) is 21.1 Å². The largest absolute Gasteiger partial charge is 0.870 e. The summed E-state index contributed by atoms with van der Waals surface area (Å²) in [5.41, 5.74) is 0. The second kappa shape index (κ2) is 5.09. The lowest BCUT2D eigenvalue weighted by Gasteiger charge is -2.23. The minimum atomic E-state index is -0.701. The third kappa shape index (κ3) is 12.6. The van der Waals surface area contributed by atoms with Gasteiger partial charge < -0.3 is 15.1 Å². The maximum absolute atomic E-state index is 10.1. The number of aliphatic carboxylic acids is 1. The molecule has 0 aromatic carbocycles. The van der Waals surface area contributed by atoms with Crippen LogP contribution in [-0.4, -0.2) is 48.7 Å². The van der Waals surface area contributed by atoms with E-state index in [1.807, 2.05) is 0 Å². The molecule has 0 atom stereocenters.